The molecule has 0 amide bonds. The lowest BCUT2D eigenvalue weighted by Crippen LogP contribution is -2.66. The molecule has 0 fully saturated rings. The molecule has 0 aromatic heterocycles. The van der Waals surface area contributed by atoms with Crippen LogP contribution < -0.4 is 0 Å². The lowest BCUT2D eigenvalue weighted by Gasteiger charge is -2.54. The van der Waals surface area contributed by atoms with Gasteiger partial charge in [-0.05, 0) is 54.9 Å². The van der Waals surface area contributed by atoms with Crippen LogP contribution in [0.5, 0.6) is 0 Å². The Bertz CT molecular complexity index is 272. The van der Waals surface area contributed by atoms with Crippen molar-refractivity contribution in [3.63, 3.8) is 0 Å². The van der Waals surface area contributed by atoms with Gasteiger partial charge >= 0.3 is 5.97 Å². The highest BCUT2D eigenvalue weighted by molar-refractivity contribution is 5.78. The van der Waals surface area contributed by atoms with Crippen molar-refractivity contribution in [3.8, 4) is 0 Å². The lowest BCUT2D eigenvalue weighted by molar-refractivity contribution is -0.163. The van der Waals surface area contributed by atoms with Crippen LogP contribution in [0.25, 0.3) is 0 Å². The Hall–Kier alpha value is -0.570. The number of carbonyl (C=O) groups is 1. The zero-order valence-corrected chi connectivity index (χ0v) is 13.4. The number of carboxylic acid groups (broad SMARTS) is 1. The summed E-state index contributed by atoms with van der Waals surface area (Å²) in [5, 5.41) is 9.71. The van der Waals surface area contributed by atoms with Crippen LogP contribution in [0.3, 0.4) is 0 Å². The quantitative estimate of drug-likeness (QED) is 0.811. The first-order chi connectivity index (χ1) is 7.87. The van der Waals surface area contributed by atoms with Gasteiger partial charge in [0.1, 0.15) is 5.54 Å². The van der Waals surface area contributed by atoms with Crippen LogP contribution in [-0.4, -0.2) is 32.6 Å². The molecular formula is C15H31NO2. The van der Waals surface area contributed by atoms with Gasteiger partial charge in [0.25, 0.3) is 0 Å². The molecule has 3 nitrogen and oxygen atoms in total. The van der Waals surface area contributed by atoms with Crippen LogP contribution in [0.4, 0.5) is 0 Å². The number of rotatable bonds is 5. The minimum Gasteiger partial charge on any atom is -0.480 e. The van der Waals surface area contributed by atoms with E-state index in [-0.39, 0.29) is 11.1 Å². The molecule has 0 saturated heterocycles. The van der Waals surface area contributed by atoms with E-state index in [2.05, 4.69) is 53.4 Å². The van der Waals surface area contributed by atoms with Gasteiger partial charge in [0, 0.05) is 11.1 Å². The van der Waals surface area contributed by atoms with E-state index in [4.69, 9.17) is 0 Å². The smallest absolute Gasteiger partial charge is 0.323 e. The largest absolute Gasteiger partial charge is 0.480 e. The van der Waals surface area contributed by atoms with Gasteiger partial charge in [-0.15, -0.1) is 0 Å². The molecule has 1 atom stereocenters. The van der Waals surface area contributed by atoms with Crippen LogP contribution in [0.2, 0.25) is 0 Å². The van der Waals surface area contributed by atoms with E-state index < -0.39 is 11.5 Å². The molecular weight excluding hydrogens is 226 g/mol. The standard InChI is InChI=1S/C15H31NO2/c1-9-10-11-15(8,12(17)18)16(13(2,3)4)14(5,6)7/h9-11H2,1-8H3,(H,17,18)/t15-/m1/s1. The van der Waals surface area contributed by atoms with Crippen molar-refractivity contribution in [2.45, 2.75) is 91.3 Å². The van der Waals surface area contributed by atoms with E-state index in [9.17, 15) is 9.90 Å². The third kappa shape index (κ3) is 3.98. The zero-order valence-electron chi connectivity index (χ0n) is 13.4. The van der Waals surface area contributed by atoms with Crippen molar-refractivity contribution in [3.05, 3.63) is 0 Å². The van der Waals surface area contributed by atoms with Crippen LogP contribution in [0, 0.1) is 0 Å². The molecule has 0 unspecified atom stereocenters. The van der Waals surface area contributed by atoms with Gasteiger partial charge in [0.05, 0.1) is 0 Å². The second-order valence-electron chi connectivity index (χ2n) is 7.36. The fraction of sp³-hybridized carbons (Fsp3) is 0.933. The van der Waals surface area contributed by atoms with Crippen molar-refractivity contribution < 1.29 is 9.90 Å². The first kappa shape index (κ1) is 17.4. The summed E-state index contributed by atoms with van der Waals surface area (Å²) in [6, 6.07) is 0. The maximum absolute atomic E-state index is 11.8. The molecule has 0 radical (unpaired) electrons. The number of unbranched alkanes of at least 4 members (excludes halogenated alkanes) is 1. The summed E-state index contributed by atoms with van der Waals surface area (Å²) < 4.78 is 0. The van der Waals surface area contributed by atoms with Gasteiger partial charge < -0.3 is 5.11 Å². The zero-order chi connectivity index (χ0) is 14.8. The number of aliphatic carboxylic acids is 1. The average Bonchev–Trinajstić information content (AvgIpc) is 2.09. The van der Waals surface area contributed by atoms with Crippen molar-refractivity contribution >= 4 is 5.97 Å². The number of hydrogen-bond donors (Lipinski definition) is 1. The topological polar surface area (TPSA) is 40.5 Å². The minimum atomic E-state index is -0.813. The Morgan fingerprint density at radius 1 is 1.00 bits per heavy atom. The van der Waals surface area contributed by atoms with Gasteiger partial charge in [-0.2, -0.15) is 0 Å². The number of hydrogen-bond acceptors (Lipinski definition) is 2. The third-order valence-corrected chi connectivity index (χ3v) is 3.31. The highest BCUT2D eigenvalue weighted by Crippen LogP contribution is 2.36. The maximum atomic E-state index is 11.8. The SMILES string of the molecule is CCCC[C@](C)(C(=O)O)N(C(C)(C)C)C(C)(C)C. The Labute approximate surface area is 113 Å². The van der Waals surface area contributed by atoms with Gasteiger partial charge in [-0.25, -0.2) is 0 Å². The summed E-state index contributed by atoms with van der Waals surface area (Å²) in [6.45, 7) is 16.5. The molecule has 0 aliphatic carbocycles. The summed E-state index contributed by atoms with van der Waals surface area (Å²) in [5.74, 6) is -0.721. The summed E-state index contributed by atoms with van der Waals surface area (Å²) >= 11 is 0. The van der Waals surface area contributed by atoms with E-state index in [0.717, 1.165) is 12.8 Å². The second kappa shape index (κ2) is 5.60. The Morgan fingerprint density at radius 3 is 1.61 bits per heavy atom. The molecule has 0 rings (SSSR count). The van der Waals surface area contributed by atoms with E-state index >= 15 is 0 Å². The van der Waals surface area contributed by atoms with Gasteiger partial charge in [0.15, 0.2) is 0 Å². The van der Waals surface area contributed by atoms with Crippen molar-refractivity contribution in [1.29, 1.82) is 0 Å². The monoisotopic (exact) mass is 257 g/mol. The number of nitrogens with zero attached hydrogens (tertiary/aromatic N) is 1. The van der Waals surface area contributed by atoms with Crippen LogP contribution in [0.1, 0.15) is 74.7 Å². The molecule has 0 aliphatic rings. The predicted molar refractivity (Wildman–Crippen MR) is 76.9 cm³/mol. The van der Waals surface area contributed by atoms with Gasteiger partial charge in [-0.3, -0.25) is 9.69 Å². The molecule has 0 heterocycles. The summed E-state index contributed by atoms with van der Waals surface area (Å²) in [5.41, 5.74) is -1.18. The fourth-order valence-corrected chi connectivity index (χ4v) is 3.32. The highest BCUT2D eigenvalue weighted by Gasteiger charge is 2.48. The van der Waals surface area contributed by atoms with E-state index in [0.29, 0.717) is 6.42 Å². The molecule has 0 aromatic carbocycles. The van der Waals surface area contributed by atoms with Crippen molar-refractivity contribution in [2.24, 2.45) is 0 Å². The first-order valence-electron chi connectivity index (χ1n) is 6.91. The molecule has 18 heavy (non-hydrogen) atoms. The Balaban J connectivity index is 5.58. The average molecular weight is 257 g/mol. The Morgan fingerprint density at radius 2 is 1.39 bits per heavy atom. The van der Waals surface area contributed by atoms with E-state index in [1.807, 2.05) is 6.92 Å². The molecule has 0 spiro atoms. The molecule has 0 saturated carbocycles. The van der Waals surface area contributed by atoms with Crippen LogP contribution in [0.15, 0.2) is 0 Å². The number of carboxylic acids is 1. The molecule has 0 bridgehead atoms. The van der Waals surface area contributed by atoms with Crippen LogP contribution >= 0.6 is 0 Å². The van der Waals surface area contributed by atoms with Gasteiger partial charge in [-0.1, -0.05) is 19.8 Å². The molecule has 0 aliphatic heterocycles. The normalized spacial score (nSPS) is 16.7. The molecule has 108 valence electrons. The molecule has 3 heteroatoms. The predicted octanol–water partition coefficient (Wildman–Crippen LogP) is 3.92. The first-order valence-corrected chi connectivity index (χ1v) is 6.91. The summed E-state index contributed by atoms with van der Waals surface area (Å²) in [6.07, 6.45) is 2.64. The van der Waals surface area contributed by atoms with Gasteiger partial charge in [0.2, 0.25) is 0 Å². The summed E-state index contributed by atoms with van der Waals surface area (Å²) in [4.78, 5) is 14.0. The second-order valence-corrected chi connectivity index (χ2v) is 7.36. The highest BCUT2D eigenvalue weighted by atomic mass is 16.4. The Kier molecular flexibility index (Phi) is 5.42. The van der Waals surface area contributed by atoms with E-state index in [1.165, 1.54) is 0 Å². The van der Waals surface area contributed by atoms with Crippen molar-refractivity contribution in [1.82, 2.24) is 4.90 Å². The summed E-state index contributed by atoms with van der Waals surface area (Å²) in [7, 11) is 0. The fourth-order valence-electron chi connectivity index (χ4n) is 3.32. The lowest BCUT2D eigenvalue weighted by atomic mass is 9.83. The maximum Gasteiger partial charge on any atom is 0.323 e. The van der Waals surface area contributed by atoms with Crippen LogP contribution in [-0.2, 0) is 4.79 Å². The van der Waals surface area contributed by atoms with E-state index in [1.54, 1.807) is 0 Å². The molecule has 1 N–H and O–H groups in total. The minimum absolute atomic E-state index is 0.181. The molecule has 0 aromatic rings. The van der Waals surface area contributed by atoms with Crippen molar-refractivity contribution in [2.75, 3.05) is 0 Å². The third-order valence-electron chi connectivity index (χ3n) is 3.31.